The fourth-order valence-electron chi connectivity index (χ4n) is 1.84. The zero-order chi connectivity index (χ0) is 16.5. The Kier molecular flexibility index (Phi) is 20.3. The van der Waals surface area contributed by atoms with Crippen molar-refractivity contribution in [1.82, 2.24) is 0 Å². The average Bonchev–Trinajstić information content (AvgIpc) is 2.52. The van der Waals surface area contributed by atoms with E-state index in [0.29, 0.717) is 0 Å². The van der Waals surface area contributed by atoms with Crippen LogP contribution in [0.2, 0.25) is 0 Å². The number of thiocarbonyl (C=S) groups is 2. The first kappa shape index (κ1) is 23.6. The van der Waals surface area contributed by atoms with E-state index in [4.69, 9.17) is 24.4 Å². The van der Waals surface area contributed by atoms with E-state index in [1.807, 2.05) is 23.5 Å². The van der Waals surface area contributed by atoms with Crippen molar-refractivity contribution in [2.45, 2.75) is 78.1 Å². The van der Waals surface area contributed by atoms with Gasteiger partial charge in [0.25, 0.3) is 0 Å². The van der Waals surface area contributed by atoms with Crippen molar-refractivity contribution in [3.8, 4) is 0 Å². The van der Waals surface area contributed by atoms with E-state index in [9.17, 15) is 0 Å². The summed E-state index contributed by atoms with van der Waals surface area (Å²) < 4.78 is 2.07. The first-order valence-electron chi connectivity index (χ1n) is 8.38. The van der Waals surface area contributed by atoms with E-state index < -0.39 is 0 Å². The van der Waals surface area contributed by atoms with Gasteiger partial charge < -0.3 is 0 Å². The van der Waals surface area contributed by atoms with Crippen LogP contribution in [0.1, 0.15) is 78.1 Å². The Hall–Kier alpha value is 1.58. The van der Waals surface area contributed by atoms with Gasteiger partial charge in [0.05, 0.1) is 0 Å². The highest BCUT2D eigenvalue weighted by Gasteiger charge is 2.04. The molecule has 0 radical (unpaired) electrons. The van der Waals surface area contributed by atoms with Gasteiger partial charge in [-0.1, -0.05) is 89.6 Å². The lowest BCUT2D eigenvalue weighted by Crippen LogP contribution is -1.87. The van der Waals surface area contributed by atoms with E-state index >= 15 is 0 Å². The fraction of sp³-hybridized carbons (Fsp3) is 0.875. The molecule has 6 heteroatoms. The molecule has 0 aliphatic carbocycles. The summed E-state index contributed by atoms with van der Waals surface area (Å²) in [4.78, 5) is 0. The van der Waals surface area contributed by atoms with Crippen molar-refractivity contribution >= 4 is 76.6 Å². The molecule has 0 fully saturated rings. The molecule has 0 unspecified atom stereocenters. The Labute approximate surface area is 165 Å². The summed E-state index contributed by atoms with van der Waals surface area (Å²) in [6.07, 6.45) is 13.3. The summed E-state index contributed by atoms with van der Waals surface area (Å²) >= 11 is 14.4. The van der Waals surface area contributed by atoms with Gasteiger partial charge in [-0.2, -0.15) is 0 Å². The molecular formula is C16H30S6. The van der Waals surface area contributed by atoms with Crippen LogP contribution in [0.3, 0.4) is 0 Å². The zero-order valence-electron chi connectivity index (χ0n) is 13.9. The van der Waals surface area contributed by atoms with Gasteiger partial charge in [0.2, 0.25) is 0 Å². The molecule has 0 saturated heterocycles. The van der Waals surface area contributed by atoms with E-state index in [1.165, 1.54) is 64.2 Å². The van der Waals surface area contributed by atoms with Crippen LogP contribution in [0.15, 0.2) is 0 Å². The largest absolute Gasteiger partial charge is 0.115 e. The average molecular weight is 415 g/mol. The third-order valence-electron chi connectivity index (χ3n) is 3.11. The summed E-state index contributed by atoms with van der Waals surface area (Å²) in [5, 5.41) is 0. The molecule has 0 heterocycles. The molecule has 0 bridgehead atoms. The molecular weight excluding hydrogens is 385 g/mol. The fourth-order valence-corrected chi connectivity index (χ4v) is 6.89. The van der Waals surface area contributed by atoms with Crippen molar-refractivity contribution in [2.24, 2.45) is 0 Å². The van der Waals surface area contributed by atoms with E-state index in [2.05, 4.69) is 13.8 Å². The van der Waals surface area contributed by atoms with E-state index in [1.54, 1.807) is 21.6 Å². The molecule has 0 aromatic carbocycles. The third-order valence-corrected chi connectivity index (χ3v) is 9.86. The molecule has 0 aromatic heterocycles. The smallest absolute Gasteiger partial charge is 0.107 e. The van der Waals surface area contributed by atoms with Gasteiger partial charge in [0.1, 0.15) is 7.06 Å². The first-order valence-corrected chi connectivity index (χ1v) is 13.3. The second-order valence-electron chi connectivity index (χ2n) is 5.19. The summed E-state index contributed by atoms with van der Waals surface area (Å²) in [5.74, 6) is 2.32. The van der Waals surface area contributed by atoms with E-state index in [0.717, 1.165) is 18.6 Å². The number of hydrogen-bond acceptors (Lipinski definition) is 6. The van der Waals surface area contributed by atoms with Crippen LogP contribution < -0.4 is 0 Å². The van der Waals surface area contributed by atoms with Gasteiger partial charge in [0.15, 0.2) is 0 Å². The predicted octanol–water partition coefficient (Wildman–Crippen LogP) is 8.34. The minimum atomic E-state index is 1.03. The van der Waals surface area contributed by atoms with Gasteiger partial charge in [0, 0.05) is 0 Å². The van der Waals surface area contributed by atoms with Crippen LogP contribution in [0.4, 0.5) is 0 Å². The van der Waals surface area contributed by atoms with Gasteiger partial charge in [-0.05, 0) is 45.9 Å². The quantitative estimate of drug-likeness (QED) is 0.177. The lowest BCUT2D eigenvalue weighted by molar-refractivity contribution is 0.660. The van der Waals surface area contributed by atoms with Crippen molar-refractivity contribution in [3.63, 3.8) is 0 Å². The Morgan fingerprint density at radius 2 is 0.955 bits per heavy atom. The highest BCUT2D eigenvalue weighted by Crippen LogP contribution is 2.34. The molecule has 0 nitrogen and oxygen atoms in total. The molecule has 22 heavy (non-hydrogen) atoms. The molecule has 0 spiro atoms. The Morgan fingerprint density at radius 3 is 1.32 bits per heavy atom. The van der Waals surface area contributed by atoms with Crippen LogP contribution in [-0.4, -0.2) is 18.6 Å². The SMILES string of the molecule is CCCCCCCSC(=S)SSC(=S)SCCCCCCC. The molecule has 0 aliphatic heterocycles. The number of unbranched alkanes of at least 4 members (excludes halogenated alkanes) is 8. The normalized spacial score (nSPS) is 10.8. The lowest BCUT2D eigenvalue weighted by atomic mass is 10.2. The van der Waals surface area contributed by atoms with Crippen LogP contribution in [0, 0.1) is 0 Å². The maximum absolute atomic E-state index is 5.39. The zero-order valence-corrected chi connectivity index (χ0v) is 18.8. The van der Waals surface area contributed by atoms with Gasteiger partial charge in [-0.3, -0.25) is 0 Å². The van der Waals surface area contributed by atoms with Gasteiger partial charge in [-0.25, -0.2) is 0 Å². The molecule has 0 aliphatic rings. The summed E-state index contributed by atoms with van der Waals surface area (Å²) in [5.41, 5.74) is 0. The van der Waals surface area contributed by atoms with Crippen molar-refractivity contribution in [3.05, 3.63) is 0 Å². The van der Waals surface area contributed by atoms with Gasteiger partial charge in [-0.15, -0.1) is 23.5 Å². The minimum absolute atomic E-state index is 1.03. The van der Waals surface area contributed by atoms with Crippen LogP contribution in [-0.2, 0) is 0 Å². The highest BCUT2D eigenvalue weighted by molar-refractivity contribution is 8.96. The van der Waals surface area contributed by atoms with Crippen molar-refractivity contribution in [2.75, 3.05) is 11.5 Å². The maximum atomic E-state index is 5.39. The molecule has 0 aromatic rings. The first-order chi connectivity index (χ1) is 10.7. The Morgan fingerprint density at radius 1 is 0.591 bits per heavy atom. The monoisotopic (exact) mass is 414 g/mol. The molecule has 130 valence electrons. The van der Waals surface area contributed by atoms with E-state index in [-0.39, 0.29) is 0 Å². The lowest BCUT2D eigenvalue weighted by Gasteiger charge is -2.04. The Bertz CT molecular complexity index is 252. The summed E-state index contributed by atoms with van der Waals surface area (Å²) in [7, 11) is 3.35. The molecule has 0 N–H and O–H groups in total. The highest BCUT2D eigenvalue weighted by atomic mass is 33.1. The van der Waals surface area contributed by atoms with Crippen molar-refractivity contribution in [1.29, 1.82) is 0 Å². The predicted molar refractivity (Wildman–Crippen MR) is 123 cm³/mol. The van der Waals surface area contributed by atoms with Crippen LogP contribution in [0.25, 0.3) is 0 Å². The molecule has 0 amide bonds. The molecule has 0 rings (SSSR count). The number of hydrogen-bond donors (Lipinski definition) is 0. The summed E-state index contributed by atoms with van der Waals surface area (Å²) in [6, 6.07) is 0. The minimum Gasteiger partial charge on any atom is -0.107 e. The summed E-state index contributed by atoms with van der Waals surface area (Å²) in [6.45, 7) is 4.51. The van der Waals surface area contributed by atoms with Gasteiger partial charge >= 0.3 is 0 Å². The second-order valence-corrected chi connectivity index (χ2v) is 11.9. The maximum Gasteiger partial charge on any atom is 0.115 e. The van der Waals surface area contributed by atoms with Crippen molar-refractivity contribution < 1.29 is 0 Å². The Balaban J connectivity index is 3.36. The third kappa shape index (κ3) is 17.9. The van der Waals surface area contributed by atoms with Crippen LogP contribution in [0.5, 0.6) is 0 Å². The topological polar surface area (TPSA) is 0 Å². The standard InChI is InChI=1S/C16H30S6/c1-3-5-7-9-11-13-19-15(17)21-22-16(18)20-14-12-10-8-6-4-2/h3-14H2,1-2H3. The second kappa shape index (κ2) is 18.9. The molecule has 0 atom stereocenters. The molecule has 0 saturated carbocycles. The number of thioether (sulfide) groups is 2. The number of rotatable bonds is 12. The van der Waals surface area contributed by atoms with Crippen LogP contribution >= 0.6 is 69.5 Å².